The third-order valence-electron chi connectivity index (χ3n) is 4.41. The van der Waals surface area contributed by atoms with Crippen molar-refractivity contribution in [3.8, 4) is 0 Å². The fourth-order valence-electron chi connectivity index (χ4n) is 2.95. The van der Waals surface area contributed by atoms with Crippen molar-refractivity contribution in [3.05, 3.63) is 69.3 Å². The van der Waals surface area contributed by atoms with Crippen LogP contribution >= 0.6 is 22.6 Å². The molecule has 0 saturated heterocycles. The minimum atomic E-state index is -0.874. The summed E-state index contributed by atoms with van der Waals surface area (Å²) in [5.41, 5.74) is 1.06. The van der Waals surface area contributed by atoms with E-state index in [1.165, 1.54) is 12.0 Å². The van der Waals surface area contributed by atoms with Crippen molar-refractivity contribution in [3.63, 3.8) is 0 Å². The lowest BCUT2D eigenvalue weighted by atomic mass is 10.1. The van der Waals surface area contributed by atoms with E-state index in [4.69, 9.17) is 9.47 Å². The van der Waals surface area contributed by atoms with Gasteiger partial charge in [0.1, 0.15) is 18.2 Å². The molecule has 2 aromatic carbocycles. The molecule has 0 fully saturated rings. The summed E-state index contributed by atoms with van der Waals surface area (Å²) < 4.78 is 11.3. The number of hydrogen-bond donors (Lipinski definition) is 1. The lowest BCUT2D eigenvalue weighted by Gasteiger charge is -2.27. The highest BCUT2D eigenvalue weighted by atomic mass is 127. The van der Waals surface area contributed by atoms with E-state index in [1.807, 2.05) is 54.6 Å². The topological polar surface area (TPSA) is 84.9 Å². The summed E-state index contributed by atoms with van der Waals surface area (Å²) in [5, 5.41) is 2.71. The van der Waals surface area contributed by atoms with E-state index in [-0.39, 0.29) is 19.5 Å². The van der Waals surface area contributed by atoms with Crippen LogP contribution in [0.4, 0.5) is 4.79 Å². The molecule has 0 aliphatic carbocycles. The van der Waals surface area contributed by atoms with E-state index < -0.39 is 29.6 Å². The molecule has 1 atom stereocenters. The van der Waals surface area contributed by atoms with Gasteiger partial charge in [-0.1, -0.05) is 48.5 Å². The molecule has 0 aliphatic rings. The van der Waals surface area contributed by atoms with Crippen molar-refractivity contribution < 1.29 is 23.9 Å². The summed E-state index contributed by atoms with van der Waals surface area (Å²) in [6.07, 6.45) is -0.327. The first-order valence-electron chi connectivity index (χ1n) is 10.2. The van der Waals surface area contributed by atoms with Crippen molar-refractivity contribution in [1.29, 1.82) is 0 Å². The van der Waals surface area contributed by atoms with Gasteiger partial charge in [-0.15, -0.1) is 0 Å². The lowest BCUT2D eigenvalue weighted by molar-refractivity contribution is -0.145. The number of carbonyl (C=O) groups excluding carboxylic acids is 3. The van der Waals surface area contributed by atoms with E-state index in [0.29, 0.717) is 0 Å². The average molecular weight is 552 g/mol. The van der Waals surface area contributed by atoms with Crippen LogP contribution in [0, 0.1) is 3.57 Å². The summed E-state index contributed by atoms with van der Waals surface area (Å²) in [6.45, 7) is 5.23. The molecule has 0 aliphatic heterocycles. The molecule has 0 radical (unpaired) electrons. The second-order valence-corrected chi connectivity index (χ2v) is 9.42. The third-order valence-corrected chi connectivity index (χ3v) is 5.46. The molecule has 2 aromatic rings. The SMILES string of the molecule is COC(=O)C(Cc1ccccc1I)NC(=O)CN(Cc1ccccc1)C(=O)OC(C)(C)C. The van der Waals surface area contributed by atoms with Gasteiger partial charge in [-0.25, -0.2) is 9.59 Å². The molecular formula is C24H29IN2O5. The molecule has 0 bridgehead atoms. The standard InChI is InChI=1S/C24H29IN2O5/c1-24(2,3)32-23(30)27(15-17-10-6-5-7-11-17)16-21(28)26-20(22(29)31-4)14-18-12-8-9-13-19(18)25/h5-13,20H,14-16H2,1-4H3,(H,26,28). The number of nitrogens with one attached hydrogen (secondary N) is 1. The van der Waals surface area contributed by atoms with Crippen molar-refractivity contribution in [2.75, 3.05) is 13.7 Å². The number of benzene rings is 2. The highest BCUT2D eigenvalue weighted by molar-refractivity contribution is 14.1. The van der Waals surface area contributed by atoms with E-state index in [0.717, 1.165) is 14.7 Å². The lowest BCUT2D eigenvalue weighted by Crippen LogP contribution is -2.48. The largest absolute Gasteiger partial charge is 0.467 e. The summed E-state index contributed by atoms with van der Waals surface area (Å²) >= 11 is 2.18. The Labute approximate surface area is 202 Å². The number of nitrogens with zero attached hydrogens (tertiary/aromatic N) is 1. The number of esters is 1. The molecular weight excluding hydrogens is 523 g/mol. The number of amides is 2. The second kappa shape index (κ2) is 11.8. The maximum Gasteiger partial charge on any atom is 0.411 e. The van der Waals surface area contributed by atoms with Crippen LogP contribution in [-0.4, -0.2) is 48.2 Å². The quantitative estimate of drug-likeness (QED) is 0.397. The van der Waals surface area contributed by atoms with Crippen molar-refractivity contribution in [2.45, 2.75) is 45.4 Å². The van der Waals surface area contributed by atoms with Gasteiger partial charge >= 0.3 is 12.1 Å². The molecule has 2 amide bonds. The molecule has 1 N–H and O–H groups in total. The van der Waals surface area contributed by atoms with E-state index >= 15 is 0 Å². The van der Waals surface area contributed by atoms with Crippen LogP contribution in [0.2, 0.25) is 0 Å². The molecule has 32 heavy (non-hydrogen) atoms. The van der Waals surface area contributed by atoms with Gasteiger partial charge in [0.05, 0.1) is 7.11 Å². The Morgan fingerprint density at radius 2 is 1.66 bits per heavy atom. The first kappa shape index (κ1) is 25.6. The number of methoxy groups -OCH3 is 1. The van der Waals surface area contributed by atoms with Crippen LogP contribution in [0.15, 0.2) is 54.6 Å². The zero-order valence-corrected chi connectivity index (χ0v) is 20.9. The van der Waals surface area contributed by atoms with Gasteiger partial charge in [-0.05, 0) is 60.6 Å². The zero-order valence-electron chi connectivity index (χ0n) is 18.8. The minimum absolute atomic E-state index is 0.197. The number of halogens is 1. The molecule has 1 unspecified atom stereocenters. The second-order valence-electron chi connectivity index (χ2n) is 8.26. The first-order valence-corrected chi connectivity index (χ1v) is 11.3. The smallest absolute Gasteiger partial charge is 0.411 e. The maximum atomic E-state index is 12.8. The monoisotopic (exact) mass is 552 g/mol. The van der Waals surface area contributed by atoms with Crippen LogP contribution in [0.1, 0.15) is 31.9 Å². The Morgan fingerprint density at radius 3 is 2.25 bits per heavy atom. The summed E-state index contributed by atoms with van der Waals surface area (Å²) in [7, 11) is 1.28. The predicted octanol–water partition coefficient (Wildman–Crippen LogP) is 3.93. The van der Waals surface area contributed by atoms with Gasteiger partial charge in [0.25, 0.3) is 0 Å². The number of hydrogen-bond acceptors (Lipinski definition) is 5. The normalized spacial score (nSPS) is 11.9. The van der Waals surface area contributed by atoms with E-state index in [2.05, 4.69) is 27.9 Å². The average Bonchev–Trinajstić information content (AvgIpc) is 2.73. The Hall–Kier alpha value is -2.62. The van der Waals surface area contributed by atoms with Gasteiger partial charge in [-0.2, -0.15) is 0 Å². The molecule has 2 rings (SSSR count). The first-order chi connectivity index (χ1) is 15.1. The summed E-state index contributed by atoms with van der Waals surface area (Å²) in [5.74, 6) is -1.03. The Kier molecular flexibility index (Phi) is 9.49. The van der Waals surface area contributed by atoms with Crippen molar-refractivity contribution in [2.24, 2.45) is 0 Å². The molecule has 8 heteroatoms. The molecule has 0 spiro atoms. The Balaban J connectivity index is 2.15. The van der Waals surface area contributed by atoms with Gasteiger partial charge in [0, 0.05) is 16.5 Å². The highest BCUT2D eigenvalue weighted by Gasteiger charge is 2.27. The van der Waals surface area contributed by atoms with Crippen LogP contribution in [-0.2, 0) is 32.0 Å². The predicted molar refractivity (Wildman–Crippen MR) is 130 cm³/mol. The Bertz CT molecular complexity index is 927. The van der Waals surface area contributed by atoms with Crippen LogP contribution in [0.5, 0.6) is 0 Å². The fraction of sp³-hybridized carbons (Fsp3) is 0.375. The maximum absolute atomic E-state index is 12.8. The van der Waals surface area contributed by atoms with Gasteiger partial charge in [0.2, 0.25) is 5.91 Å². The number of carbonyl (C=O) groups is 3. The minimum Gasteiger partial charge on any atom is -0.467 e. The zero-order chi connectivity index (χ0) is 23.7. The molecule has 7 nitrogen and oxygen atoms in total. The fourth-order valence-corrected chi connectivity index (χ4v) is 3.56. The van der Waals surface area contributed by atoms with Crippen LogP contribution in [0.25, 0.3) is 0 Å². The van der Waals surface area contributed by atoms with Crippen molar-refractivity contribution in [1.82, 2.24) is 10.2 Å². The molecule has 0 aromatic heterocycles. The molecule has 0 heterocycles. The van der Waals surface area contributed by atoms with Crippen LogP contribution in [0.3, 0.4) is 0 Å². The third kappa shape index (κ3) is 8.49. The Morgan fingerprint density at radius 1 is 1.03 bits per heavy atom. The number of ether oxygens (including phenoxy) is 2. The highest BCUT2D eigenvalue weighted by Crippen LogP contribution is 2.15. The van der Waals surface area contributed by atoms with Gasteiger partial charge in [-0.3, -0.25) is 9.69 Å². The van der Waals surface area contributed by atoms with Crippen LogP contribution < -0.4 is 5.32 Å². The van der Waals surface area contributed by atoms with Gasteiger partial charge < -0.3 is 14.8 Å². The van der Waals surface area contributed by atoms with E-state index in [1.54, 1.807) is 20.8 Å². The summed E-state index contributed by atoms with van der Waals surface area (Å²) in [4.78, 5) is 39.2. The van der Waals surface area contributed by atoms with Gasteiger partial charge in [0.15, 0.2) is 0 Å². The molecule has 0 saturated carbocycles. The molecule has 172 valence electrons. The van der Waals surface area contributed by atoms with Crippen molar-refractivity contribution >= 4 is 40.6 Å². The summed E-state index contributed by atoms with van der Waals surface area (Å²) in [6, 6.07) is 16.0. The number of rotatable bonds is 8. The van der Waals surface area contributed by atoms with E-state index in [9.17, 15) is 14.4 Å².